The molecule has 92 valence electrons. The lowest BCUT2D eigenvalue weighted by atomic mass is 9.87. The number of H-pyrrole nitrogens is 1. The molecule has 1 fully saturated rings. The summed E-state index contributed by atoms with van der Waals surface area (Å²) in [5.41, 5.74) is 0.646. The molecule has 1 aromatic rings. The average molecular weight is 237 g/mol. The summed E-state index contributed by atoms with van der Waals surface area (Å²) in [6, 6.07) is -0.286. The predicted octanol–water partition coefficient (Wildman–Crippen LogP) is 1.02. The van der Waals surface area contributed by atoms with Crippen LogP contribution >= 0.6 is 0 Å². The lowest BCUT2D eigenvalue weighted by Crippen LogP contribution is -2.50. The van der Waals surface area contributed by atoms with Crippen LogP contribution in [0, 0.1) is 5.92 Å². The third-order valence-electron chi connectivity index (χ3n) is 3.23. The Labute approximate surface area is 98.6 Å². The van der Waals surface area contributed by atoms with Gasteiger partial charge in [-0.2, -0.15) is 5.10 Å². The number of nitrogens with one attached hydrogen (secondary N) is 1. The summed E-state index contributed by atoms with van der Waals surface area (Å²) in [6.07, 6.45) is 4.48. The molecule has 6 heteroatoms. The third-order valence-corrected chi connectivity index (χ3v) is 3.23. The molecule has 0 aromatic carbocycles. The van der Waals surface area contributed by atoms with Crippen molar-refractivity contribution < 1.29 is 14.7 Å². The molecule has 2 heterocycles. The number of hydrogen-bond acceptors (Lipinski definition) is 3. The van der Waals surface area contributed by atoms with Gasteiger partial charge in [0.1, 0.15) is 0 Å². The van der Waals surface area contributed by atoms with Crippen molar-refractivity contribution in [2.24, 2.45) is 5.92 Å². The maximum absolute atomic E-state index is 11.9. The number of aromatic nitrogens is 2. The zero-order valence-electron chi connectivity index (χ0n) is 9.59. The van der Waals surface area contributed by atoms with E-state index in [1.165, 1.54) is 0 Å². The maximum Gasteiger partial charge on any atom is 0.308 e. The van der Waals surface area contributed by atoms with E-state index in [4.69, 9.17) is 0 Å². The van der Waals surface area contributed by atoms with Crippen molar-refractivity contribution in [1.29, 1.82) is 0 Å². The minimum Gasteiger partial charge on any atom is -0.481 e. The zero-order valence-corrected chi connectivity index (χ0v) is 9.59. The van der Waals surface area contributed by atoms with Crippen molar-refractivity contribution in [2.45, 2.75) is 32.2 Å². The van der Waals surface area contributed by atoms with Gasteiger partial charge in [0.2, 0.25) is 5.91 Å². The molecule has 0 bridgehead atoms. The van der Waals surface area contributed by atoms with Crippen molar-refractivity contribution in [2.75, 3.05) is 4.90 Å². The second-order valence-electron chi connectivity index (χ2n) is 4.18. The van der Waals surface area contributed by atoms with Crippen molar-refractivity contribution >= 4 is 17.6 Å². The molecule has 1 saturated heterocycles. The van der Waals surface area contributed by atoms with Gasteiger partial charge in [-0.15, -0.1) is 0 Å². The second kappa shape index (κ2) is 4.57. The number of carbonyl (C=O) groups excluding carboxylic acids is 1. The highest BCUT2D eigenvalue weighted by Crippen LogP contribution is 2.31. The molecule has 0 radical (unpaired) electrons. The molecule has 1 aliphatic heterocycles. The van der Waals surface area contributed by atoms with Gasteiger partial charge in [-0.1, -0.05) is 6.92 Å². The van der Waals surface area contributed by atoms with Crippen LogP contribution in [-0.2, 0) is 9.59 Å². The Morgan fingerprint density at radius 2 is 2.47 bits per heavy atom. The first-order chi connectivity index (χ1) is 8.15. The highest BCUT2D eigenvalue weighted by Gasteiger charge is 2.39. The smallest absolute Gasteiger partial charge is 0.308 e. The Balaban J connectivity index is 2.32. The molecular formula is C11H15N3O3. The minimum absolute atomic E-state index is 0.0317. The summed E-state index contributed by atoms with van der Waals surface area (Å²) in [5, 5.41) is 15.6. The molecule has 17 heavy (non-hydrogen) atoms. The standard InChI is InChI=1S/C11H15N3O3/c1-2-9-8(11(16)17)3-4-10(15)14(9)7-5-12-13-6-7/h5-6,8-9H,2-4H2,1H3,(H,12,13)(H,16,17)/t8-,9+/m0/s1. The van der Waals surface area contributed by atoms with Crippen LogP contribution in [0.4, 0.5) is 5.69 Å². The molecule has 0 saturated carbocycles. The number of aromatic amines is 1. The van der Waals surface area contributed by atoms with E-state index in [9.17, 15) is 14.7 Å². The lowest BCUT2D eigenvalue weighted by molar-refractivity contribution is -0.144. The SMILES string of the molecule is CC[C@@H]1[C@@H](C(=O)O)CCC(=O)N1c1cn[nH]c1. The van der Waals surface area contributed by atoms with E-state index in [1.807, 2.05) is 6.92 Å². The van der Waals surface area contributed by atoms with Gasteiger partial charge in [-0.25, -0.2) is 0 Å². The van der Waals surface area contributed by atoms with Crippen molar-refractivity contribution in [3.05, 3.63) is 12.4 Å². The molecule has 1 aliphatic rings. The van der Waals surface area contributed by atoms with E-state index in [-0.39, 0.29) is 18.4 Å². The fourth-order valence-electron chi connectivity index (χ4n) is 2.42. The number of rotatable bonds is 3. The first-order valence-corrected chi connectivity index (χ1v) is 5.68. The van der Waals surface area contributed by atoms with Crippen molar-refractivity contribution in [3.8, 4) is 0 Å². The molecule has 2 N–H and O–H groups in total. The quantitative estimate of drug-likeness (QED) is 0.821. The molecule has 1 aromatic heterocycles. The summed E-state index contributed by atoms with van der Waals surface area (Å²) in [6.45, 7) is 1.90. The van der Waals surface area contributed by atoms with E-state index < -0.39 is 11.9 Å². The molecule has 1 amide bonds. The predicted molar refractivity (Wildman–Crippen MR) is 60.5 cm³/mol. The Bertz CT molecular complexity index is 416. The van der Waals surface area contributed by atoms with E-state index >= 15 is 0 Å². The molecule has 2 atom stereocenters. The van der Waals surface area contributed by atoms with E-state index in [2.05, 4.69) is 10.2 Å². The monoisotopic (exact) mass is 237 g/mol. The van der Waals surface area contributed by atoms with Crippen LogP contribution in [0.1, 0.15) is 26.2 Å². The fourth-order valence-corrected chi connectivity index (χ4v) is 2.42. The van der Waals surface area contributed by atoms with Crippen LogP contribution in [-0.4, -0.2) is 33.2 Å². The fraction of sp³-hybridized carbons (Fsp3) is 0.545. The van der Waals surface area contributed by atoms with Crippen LogP contribution in [0.5, 0.6) is 0 Å². The van der Waals surface area contributed by atoms with Gasteiger partial charge in [-0.05, 0) is 12.8 Å². The highest BCUT2D eigenvalue weighted by molar-refractivity contribution is 5.96. The minimum atomic E-state index is -0.835. The topological polar surface area (TPSA) is 86.3 Å². The summed E-state index contributed by atoms with van der Waals surface area (Å²) in [4.78, 5) is 24.7. The van der Waals surface area contributed by atoms with E-state index in [0.717, 1.165) is 0 Å². The van der Waals surface area contributed by atoms with Gasteiger partial charge < -0.3 is 10.0 Å². The second-order valence-corrected chi connectivity index (χ2v) is 4.18. The van der Waals surface area contributed by atoms with E-state index in [1.54, 1.807) is 17.3 Å². The Hall–Kier alpha value is -1.85. The van der Waals surface area contributed by atoms with Gasteiger partial charge in [0.05, 0.1) is 23.8 Å². The summed E-state index contributed by atoms with van der Waals surface area (Å²) in [5.74, 6) is -1.36. The van der Waals surface area contributed by atoms with Crippen LogP contribution in [0.3, 0.4) is 0 Å². The highest BCUT2D eigenvalue weighted by atomic mass is 16.4. The number of aliphatic carboxylic acids is 1. The molecular weight excluding hydrogens is 222 g/mol. The average Bonchev–Trinajstić information content (AvgIpc) is 2.81. The third kappa shape index (κ3) is 2.02. The first-order valence-electron chi connectivity index (χ1n) is 5.68. The Kier molecular flexibility index (Phi) is 3.12. The van der Waals surface area contributed by atoms with Gasteiger partial charge in [0, 0.05) is 12.6 Å². The van der Waals surface area contributed by atoms with Gasteiger partial charge in [-0.3, -0.25) is 14.7 Å². The number of hydrogen-bond donors (Lipinski definition) is 2. The summed E-state index contributed by atoms with van der Waals surface area (Å²) in [7, 11) is 0. The normalized spacial score (nSPS) is 25.0. The number of anilines is 1. The number of nitrogens with zero attached hydrogens (tertiary/aromatic N) is 2. The summed E-state index contributed by atoms with van der Waals surface area (Å²) >= 11 is 0. The molecule has 0 spiro atoms. The summed E-state index contributed by atoms with van der Waals surface area (Å²) < 4.78 is 0. The number of piperidine rings is 1. The van der Waals surface area contributed by atoms with Gasteiger partial charge >= 0.3 is 5.97 Å². The Morgan fingerprint density at radius 3 is 3.00 bits per heavy atom. The molecule has 6 nitrogen and oxygen atoms in total. The van der Waals surface area contributed by atoms with Crippen LogP contribution < -0.4 is 4.90 Å². The molecule has 0 unspecified atom stereocenters. The first kappa shape index (κ1) is 11.6. The number of carboxylic acids is 1. The lowest BCUT2D eigenvalue weighted by Gasteiger charge is -2.38. The van der Waals surface area contributed by atoms with Crippen molar-refractivity contribution in [1.82, 2.24) is 10.2 Å². The number of carboxylic acid groups (broad SMARTS) is 1. The van der Waals surface area contributed by atoms with Crippen LogP contribution in [0.2, 0.25) is 0 Å². The molecule has 0 aliphatic carbocycles. The Morgan fingerprint density at radius 1 is 1.71 bits per heavy atom. The number of carbonyl (C=O) groups is 2. The van der Waals surface area contributed by atoms with Gasteiger partial charge in [0.15, 0.2) is 0 Å². The van der Waals surface area contributed by atoms with E-state index in [0.29, 0.717) is 18.5 Å². The molecule has 2 rings (SSSR count). The van der Waals surface area contributed by atoms with Crippen molar-refractivity contribution in [3.63, 3.8) is 0 Å². The maximum atomic E-state index is 11.9. The zero-order chi connectivity index (χ0) is 12.4. The van der Waals surface area contributed by atoms with Crippen LogP contribution in [0.25, 0.3) is 0 Å². The number of amides is 1. The largest absolute Gasteiger partial charge is 0.481 e. The van der Waals surface area contributed by atoms with Gasteiger partial charge in [0.25, 0.3) is 0 Å². The van der Waals surface area contributed by atoms with Crippen LogP contribution in [0.15, 0.2) is 12.4 Å².